The summed E-state index contributed by atoms with van der Waals surface area (Å²) in [4.78, 5) is 26.8. The van der Waals surface area contributed by atoms with Crippen molar-refractivity contribution in [3.8, 4) is 0 Å². The number of thiophene rings is 1. The van der Waals surface area contributed by atoms with Gasteiger partial charge in [0.05, 0.1) is 12.2 Å². The van der Waals surface area contributed by atoms with Crippen LogP contribution in [0.4, 0.5) is 10.5 Å². The van der Waals surface area contributed by atoms with Crippen LogP contribution >= 0.6 is 11.3 Å². The summed E-state index contributed by atoms with van der Waals surface area (Å²) >= 11 is 1.10. The number of anilines is 1. The third-order valence-electron chi connectivity index (χ3n) is 5.58. The minimum Gasteiger partial charge on any atom is -0.337 e. The van der Waals surface area contributed by atoms with E-state index in [1.54, 1.807) is 11.0 Å². The van der Waals surface area contributed by atoms with Gasteiger partial charge in [-0.05, 0) is 34.9 Å². The Hall–Kier alpha value is -3.17. The van der Waals surface area contributed by atoms with Crippen molar-refractivity contribution in [2.45, 2.75) is 24.1 Å². The molecule has 0 saturated carbocycles. The summed E-state index contributed by atoms with van der Waals surface area (Å²) in [5, 5.41) is 4.55. The summed E-state index contributed by atoms with van der Waals surface area (Å²) in [6.45, 7) is 2.45. The number of amides is 3. The Morgan fingerprint density at radius 3 is 2.74 bits per heavy atom. The highest BCUT2D eigenvalue weighted by molar-refractivity contribution is 7.92. The molecule has 2 N–H and O–H groups in total. The van der Waals surface area contributed by atoms with Crippen molar-refractivity contribution in [3.05, 3.63) is 56.3 Å². The van der Waals surface area contributed by atoms with Crippen LogP contribution in [0.2, 0.25) is 0 Å². The van der Waals surface area contributed by atoms with Gasteiger partial charge in [0.15, 0.2) is 0 Å². The largest absolute Gasteiger partial charge is 0.337 e. The van der Waals surface area contributed by atoms with Crippen molar-refractivity contribution in [2.75, 3.05) is 11.9 Å². The zero-order valence-electron chi connectivity index (χ0n) is 16.6. The number of rotatable bonds is 3. The number of carbonyl (C=O) groups is 2. The molecule has 0 radical (unpaired) electrons. The summed E-state index contributed by atoms with van der Waals surface area (Å²) < 4.78 is 27.9. The number of carbonyl (C=O) groups excluding carboxylic acids is 2. The molecule has 1 aliphatic heterocycles. The van der Waals surface area contributed by atoms with Crippen molar-refractivity contribution >= 4 is 63.3 Å². The van der Waals surface area contributed by atoms with E-state index in [1.165, 1.54) is 6.92 Å². The summed E-state index contributed by atoms with van der Waals surface area (Å²) in [7, 11) is -4.04. The normalized spacial score (nSPS) is 15.6. The number of sulfonamides is 1. The highest BCUT2D eigenvalue weighted by atomic mass is 32.2. The van der Waals surface area contributed by atoms with Gasteiger partial charge >= 0.3 is 6.03 Å². The molecule has 2 aliphatic carbocycles. The molecule has 0 spiro atoms. The van der Waals surface area contributed by atoms with Crippen molar-refractivity contribution in [3.63, 3.8) is 0 Å². The molecule has 2 aromatic rings. The van der Waals surface area contributed by atoms with Crippen molar-refractivity contribution in [2.24, 2.45) is 0 Å². The lowest BCUT2D eigenvalue weighted by Gasteiger charge is -2.25. The molecule has 158 valence electrons. The van der Waals surface area contributed by atoms with Gasteiger partial charge in [0.25, 0.3) is 10.0 Å². The molecule has 0 fully saturated rings. The second-order valence-electron chi connectivity index (χ2n) is 7.57. The van der Waals surface area contributed by atoms with Crippen molar-refractivity contribution in [1.82, 2.24) is 9.62 Å². The quantitative estimate of drug-likeness (QED) is 0.741. The molecule has 0 saturated heterocycles. The van der Waals surface area contributed by atoms with Gasteiger partial charge in [0, 0.05) is 29.1 Å². The predicted octanol–water partition coefficient (Wildman–Crippen LogP) is 1.78. The molecule has 7 nitrogen and oxygen atoms in total. The minimum atomic E-state index is -4.04. The van der Waals surface area contributed by atoms with Gasteiger partial charge in [0.1, 0.15) is 4.21 Å². The van der Waals surface area contributed by atoms with Gasteiger partial charge in [-0.1, -0.05) is 36.5 Å². The highest BCUT2D eigenvalue weighted by Gasteiger charge is 2.27. The molecule has 0 atom stereocenters. The zero-order chi connectivity index (χ0) is 21.8. The first-order chi connectivity index (χ1) is 14.8. The number of nitrogens with one attached hydrogen (secondary N) is 2. The Kier molecular flexibility index (Phi) is 4.60. The van der Waals surface area contributed by atoms with E-state index in [0.717, 1.165) is 43.3 Å². The standard InChI is InChI=1S/C22H19N3O4S2/c1-13(26)25-9-8-16-11-20(30-19(16)12-25)31(28,29)24-22(27)23-21-17-6-2-4-14(17)10-15-5-3-7-18(15)21/h2-7,10-11H,8-9,12H2,1H3,(H2,23,24,27). The maximum absolute atomic E-state index is 12.9. The Bertz CT molecular complexity index is 1430. The van der Waals surface area contributed by atoms with E-state index in [2.05, 4.69) is 10.0 Å². The second kappa shape index (κ2) is 7.21. The Morgan fingerprint density at radius 1 is 1.13 bits per heavy atom. The molecule has 5 rings (SSSR count). The lowest BCUT2D eigenvalue weighted by Crippen LogP contribution is -2.36. The van der Waals surface area contributed by atoms with Gasteiger partial charge in [-0.3, -0.25) is 4.79 Å². The molecule has 3 aliphatic rings. The highest BCUT2D eigenvalue weighted by Crippen LogP contribution is 2.31. The van der Waals surface area contributed by atoms with Gasteiger partial charge in [-0.2, -0.15) is 0 Å². The molecule has 1 aromatic carbocycles. The first-order valence-electron chi connectivity index (χ1n) is 9.76. The van der Waals surface area contributed by atoms with E-state index >= 15 is 0 Å². The van der Waals surface area contributed by atoms with Gasteiger partial charge in [-0.25, -0.2) is 17.9 Å². The van der Waals surface area contributed by atoms with Crippen molar-refractivity contribution < 1.29 is 18.0 Å². The molecule has 2 heterocycles. The van der Waals surface area contributed by atoms with Gasteiger partial charge < -0.3 is 10.2 Å². The van der Waals surface area contributed by atoms with Crippen LogP contribution in [0, 0.1) is 0 Å². The van der Waals surface area contributed by atoms with E-state index < -0.39 is 16.1 Å². The van der Waals surface area contributed by atoms with Crippen LogP contribution in [-0.4, -0.2) is 31.8 Å². The number of allylic oxidation sites excluding steroid dienone is 2. The molecule has 0 unspecified atom stereocenters. The fourth-order valence-corrected chi connectivity index (χ4v) is 6.54. The maximum atomic E-state index is 12.9. The first-order valence-corrected chi connectivity index (χ1v) is 12.1. The molecule has 1 aromatic heterocycles. The number of urea groups is 1. The fraction of sp³-hybridized carbons (Fsp3) is 0.182. The smallest absolute Gasteiger partial charge is 0.333 e. The average Bonchev–Trinajstić information content (AvgIpc) is 3.45. The topological polar surface area (TPSA) is 95.6 Å². The Labute approximate surface area is 183 Å². The number of hydrogen-bond donors (Lipinski definition) is 2. The molecule has 3 amide bonds. The van der Waals surface area contributed by atoms with Crippen LogP contribution in [0.1, 0.15) is 28.5 Å². The Balaban J connectivity index is 1.39. The summed E-state index contributed by atoms with van der Waals surface area (Å²) in [6.07, 6.45) is 12.1. The molecular formula is C22H19N3O4S2. The third-order valence-corrected chi connectivity index (χ3v) is 8.55. The van der Waals surface area contributed by atoms with E-state index in [0.29, 0.717) is 25.2 Å². The van der Waals surface area contributed by atoms with E-state index in [9.17, 15) is 18.0 Å². The number of nitrogens with zero attached hydrogens (tertiary/aromatic N) is 1. The average molecular weight is 454 g/mol. The van der Waals surface area contributed by atoms with Crippen LogP contribution < -0.4 is 20.5 Å². The molecule has 31 heavy (non-hydrogen) atoms. The van der Waals surface area contributed by atoms with Gasteiger partial charge in [-0.15, -0.1) is 11.3 Å². The van der Waals surface area contributed by atoms with Crippen LogP contribution in [0.3, 0.4) is 0 Å². The molecule has 0 bridgehead atoms. The van der Waals surface area contributed by atoms with Crippen molar-refractivity contribution in [1.29, 1.82) is 0 Å². The first kappa shape index (κ1) is 19.8. The van der Waals surface area contributed by atoms with Gasteiger partial charge in [0.2, 0.25) is 5.91 Å². The third kappa shape index (κ3) is 3.49. The van der Waals surface area contributed by atoms with E-state index in [1.807, 2.05) is 42.5 Å². The second-order valence-corrected chi connectivity index (χ2v) is 10.6. The molecule has 9 heteroatoms. The van der Waals surface area contributed by atoms with Crippen LogP contribution in [0.25, 0.3) is 24.3 Å². The summed E-state index contributed by atoms with van der Waals surface area (Å²) in [6, 6.07) is 2.82. The minimum absolute atomic E-state index is 0.0403. The SMILES string of the molecule is CC(=O)N1CCc2cc(S(=O)(=O)NC(=O)Nc3c4c(cc5c3=CC=C5)=CC=C4)sc2C1. The number of fused-ring (bicyclic) bond motifs is 3. The summed E-state index contributed by atoms with van der Waals surface area (Å²) in [5.74, 6) is -0.0403. The predicted molar refractivity (Wildman–Crippen MR) is 121 cm³/mol. The van der Waals surface area contributed by atoms with E-state index in [4.69, 9.17) is 0 Å². The maximum Gasteiger partial charge on any atom is 0.333 e. The van der Waals surface area contributed by atoms with Crippen LogP contribution in [0.15, 0.2) is 28.5 Å². The lowest BCUT2D eigenvalue weighted by atomic mass is 10.1. The van der Waals surface area contributed by atoms with Crippen LogP contribution in [0.5, 0.6) is 0 Å². The molecular weight excluding hydrogens is 434 g/mol. The fourth-order valence-electron chi connectivity index (χ4n) is 4.03. The van der Waals surface area contributed by atoms with Crippen LogP contribution in [-0.2, 0) is 27.8 Å². The Morgan fingerprint density at radius 2 is 1.94 bits per heavy atom. The van der Waals surface area contributed by atoms with E-state index in [-0.39, 0.29) is 10.1 Å². The zero-order valence-corrected chi connectivity index (χ0v) is 18.3. The number of benzene rings is 1. The summed E-state index contributed by atoms with van der Waals surface area (Å²) in [5.41, 5.74) is 3.31. The monoisotopic (exact) mass is 453 g/mol. The lowest BCUT2D eigenvalue weighted by molar-refractivity contribution is -0.129. The number of hydrogen-bond acceptors (Lipinski definition) is 5.